The Hall–Kier alpha value is -2.29. The van der Waals surface area contributed by atoms with Crippen molar-refractivity contribution in [3.63, 3.8) is 0 Å². The predicted octanol–water partition coefficient (Wildman–Crippen LogP) is -0.119. The number of hydrogen-bond donors (Lipinski definition) is 2. The molecule has 0 radical (unpaired) electrons. The number of carbonyl (C=O) groups excluding carboxylic acids is 1. The van der Waals surface area contributed by atoms with Crippen LogP contribution in [-0.4, -0.2) is 28.2 Å². The molecule has 1 atom stereocenters. The van der Waals surface area contributed by atoms with E-state index in [0.717, 1.165) is 0 Å². The molecular formula is C9H8N2O4. The second-order valence-corrected chi connectivity index (χ2v) is 2.66. The van der Waals surface area contributed by atoms with E-state index in [1.54, 1.807) is 0 Å². The highest BCUT2D eigenvalue weighted by Gasteiger charge is 2.20. The van der Waals surface area contributed by atoms with Crippen molar-refractivity contribution in [2.24, 2.45) is 0 Å². The minimum atomic E-state index is -1.19. The summed E-state index contributed by atoms with van der Waals surface area (Å²) in [6.45, 7) is 0. The van der Waals surface area contributed by atoms with Crippen molar-refractivity contribution in [2.75, 3.05) is 0 Å². The zero-order valence-corrected chi connectivity index (χ0v) is 7.64. The summed E-state index contributed by atoms with van der Waals surface area (Å²) in [5.41, 5.74) is 0.0123. The van der Waals surface area contributed by atoms with E-state index in [4.69, 9.17) is 11.5 Å². The fraction of sp³-hybridized carbons (Fsp3) is 0.222. The molecule has 0 saturated heterocycles. The van der Waals surface area contributed by atoms with Crippen LogP contribution in [0.4, 0.5) is 0 Å². The van der Waals surface area contributed by atoms with E-state index in [1.807, 2.05) is 0 Å². The summed E-state index contributed by atoms with van der Waals surface area (Å²) in [4.78, 5) is 22.0. The van der Waals surface area contributed by atoms with Gasteiger partial charge in [0.1, 0.15) is 12.3 Å². The van der Waals surface area contributed by atoms with Gasteiger partial charge in [0, 0.05) is 12.5 Å². The smallest absolute Gasteiger partial charge is 0.327 e. The summed E-state index contributed by atoms with van der Waals surface area (Å²) in [7, 11) is 0. The molecule has 0 saturated carbocycles. The fourth-order valence-corrected chi connectivity index (χ4v) is 0.880. The molecule has 1 aromatic rings. The molecule has 0 bridgehead atoms. The first kappa shape index (κ1) is 10.8. The summed E-state index contributed by atoms with van der Waals surface area (Å²) < 4.78 is 4.44. The zero-order chi connectivity index (χ0) is 11.3. The molecule has 6 nitrogen and oxygen atoms in total. The molecule has 0 aliphatic heterocycles. The molecule has 0 spiro atoms. The second kappa shape index (κ2) is 4.81. The van der Waals surface area contributed by atoms with Crippen LogP contribution in [0.1, 0.15) is 16.9 Å². The Morgan fingerprint density at radius 3 is 2.93 bits per heavy atom. The lowest BCUT2D eigenvalue weighted by Crippen LogP contribution is -2.40. The molecule has 1 amide bonds. The van der Waals surface area contributed by atoms with Crippen LogP contribution in [0.15, 0.2) is 16.9 Å². The molecule has 1 aromatic heterocycles. The lowest BCUT2D eigenvalue weighted by atomic mass is 10.2. The minimum absolute atomic E-state index is 0.0123. The fourth-order valence-electron chi connectivity index (χ4n) is 0.880. The third-order valence-corrected chi connectivity index (χ3v) is 1.60. The van der Waals surface area contributed by atoms with Crippen molar-refractivity contribution in [1.29, 1.82) is 0 Å². The van der Waals surface area contributed by atoms with Gasteiger partial charge in [0.25, 0.3) is 5.91 Å². The molecule has 0 aromatic carbocycles. The van der Waals surface area contributed by atoms with Gasteiger partial charge in [0.05, 0.1) is 0 Å². The number of amides is 1. The summed E-state index contributed by atoms with van der Waals surface area (Å²) in [5, 5.41) is 14.3. The van der Waals surface area contributed by atoms with E-state index in [9.17, 15) is 9.59 Å². The van der Waals surface area contributed by atoms with Crippen molar-refractivity contribution in [3.05, 3.63) is 18.0 Å². The monoisotopic (exact) mass is 208 g/mol. The first-order valence-electron chi connectivity index (χ1n) is 4.02. The maximum Gasteiger partial charge on any atom is 0.327 e. The van der Waals surface area contributed by atoms with Crippen LogP contribution in [-0.2, 0) is 4.79 Å². The second-order valence-electron chi connectivity index (χ2n) is 2.66. The number of aromatic nitrogens is 1. The molecule has 0 fully saturated rings. The summed E-state index contributed by atoms with van der Waals surface area (Å²) in [6.07, 6.45) is 6.09. The third-order valence-electron chi connectivity index (χ3n) is 1.60. The largest absolute Gasteiger partial charge is 0.480 e. The molecule has 0 aliphatic rings. The standard InChI is InChI=1S/C9H8N2O4/c1-2-3-7(9(13)14)10-8(12)6-4-5-15-11-6/h1,4-5,7H,3H2,(H,10,12)(H,13,14). The Balaban J connectivity index is 2.64. The number of hydrogen-bond acceptors (Lipinski definition) is 4. The van der Waals surface area contributed by atoms with Crippen LogP contribution in [0.2, 0.25) is 0 Å². The van der Waals surface area contributed by atoms with Gasteiger partial charge in [0.15, 0.2) is 5.69 Å². The van der Waals surface area contributed by atoms with Crippen molar-refractivity contribution < 1.29 is 19.2 Å². The van der Waals surface area contributed by atoms with Crippen LogP contribution in [0.5, 0.6) is 0 Å². The maximum atomic E-state index is 11.3. The van der Waals surface area contributed by atoms with Gasteiger partial charge in [0.2, 0.25) is 0 Å². The number of aliphatic carboxylic acids is 1. The number of nitrogens with one attached hydrogen (secondary N) is 1. The van der Waals surface area contributed by atoms with E-state index in [-0.39, 0.29) is 12.1 Å². The summed E-state index contributed by atoms with van der Waals surface area (Å²) in [5.74, 6) is 0.337. The summed E-state index contributed by atoms with van der Waals surface area (Å²) in [6, 6.07) is 0.212. The number of rotatable bonds is 4. The van der Waals surface area contributed by atoms with Gasteiger partial charge in [-0.2, -0.15) is 0 Å². The Bertz CT molecular complexity index is 391. The maximum absolute atomic E-state index is 11.3. The molecule has 1 unspecified atom stereocenters. The van der Waals surface area contributed by atoms with E-state index >= 15 is 0 Å². The highest BCUT2D eigenvalue weighted by molar-refractivity contribution is 5.94. The van der Waals surface area contributed by atoms with Crippen molar-refractivity contribution in [2.45, 2.75) is 12.5 Å². The Morgan fingerprint density at radius 1 is 1.73 bits per heavy atom. The van der Waals surface area contributed by atoms with Crippen molar-refractivity contribution in [3.8, 4) is 12.3 Å². The van der Waals surface area contributed by atoms with Gasteiger partial charge in [-0.25, -0.2) is 4.79 Å². The molecule has 1 rings (SSSR count). The van der Waals surface area contributed by atoms with E-state index in [0.29, 0.717) is 0 Å². The minimum Gasteiger partial charge on any atom is -0.480 e. The normalized spacial score (nSPS) is 11.4. The van der Waals surface area contributed by atoms with E-state index < -0.39 is 17.9 Å². The quantitative estimate of drug-likeness (QED) is 0.673. The first-order valence-corrected chi connectivity index (χ1v) is 4.02. The lowest BCUT2D eigenvalue weighted by molar-refractivity contribution is -0.139. The number of carbonyl (C=O) groups is 2. The van der Waals surface area contributed by atoms with E-state index in [1.165, 1.54) is 12.3 Å². The van der Waals surface area contributed by atoms with Gasteiger partial charge >= 0.3 is 5.97 Å². The average Bonchev–Trinajstić information content (AvgIpc) is 2.69. The topological polar surface area (TPSA) is 92.4 Å². The van der Waals surface area contributed by atoms with Gasteiger partial charge in [-0.15, -0.1) is 12.3 Å². The van der Waals surface area contributed by atoms with E-state index in [2.05, 4.69) is 20.9 Å². The van der Waals surface area contributed by atoms with Crippen molar-refractivity contribution in [1.82, 2.24) is 10.5 Å². The Kier molecular flexibility index (Phi) is 3.46. The van der Waals surface area contributed by atoms with Gasteiger partial charge in [-0.3, -0.25) is 4.79 Å². The predicted molar refractivity (Wildman–Crippen MR) is 48.8 cm³/mol. The number of nitrogens with zero attached hydrogens (tertiary/aromatic N) is 1. The number of carboxylic acid groups (broad SMARTS) is 1. The van der Waals surface area contributed by atoms with Crippen LogP contribution in [0, 0.1) is 12.3 Å². The Labute approximate surface area is 85.3 Å². The highest BCUT2D eigenvalue weighted by atomic mass is 16.5. The molecule has 0 aliphatic carbocycles. The molecule has 1 heterocycles. The Morgan fingerprint density at radius 2 is 2.47 bits per heavy atom. The van der Waals surface area contributed by atoms with Crippen LogP contribution in [0.3, 0.4) is 0 Å². The first-order chi connectivity index (χ1) is 7.15. The molecule has 2 N–H and O–H groups in total. The molecular weight excluding hydrogens is 200 g/mol. The third kappa shape index (κ3) is 2.84. The van der Waals surface area contributed by atoms with Gasteiger partial charge < -0.3 is 14.9 Å². The number of terminal acetylenes is 1. The SMILES string of the molecule is C#CCC(NC(=O)c1ccon1)C(=O)O. The molecule has 15 heavy (non-hydrogen) atoms. The van der Waals surface area contributed by atoms with Crippen LogP contribution in [0.25, 0.3) is 0 Å². The van der Waals surface area contributed by atoms with Gasteiger partial charge in [-0.1, -0.05) is 5.16 Å². The number of carboxylic acids is 1. The highest BCUT2D eigenvalue weighted by Crippen LogP contribution is 1.97. The molecule has 78 valence electrons. The zero-order valence-electron chi connectivity index (χ0n) is 7.64. The lowest BCUT2D eigenvalue weighted by Gasteiger charge is -2.09. The van der Waals surface area contributed by atoms with Gasteiger partial charge in [-0.05, 0) is 0 Å². The van der Waals surface area contributed by atoms with Crippen LogP contribution < -0.4 is 5.32 Å². The van der Waals surface area contributed by atoms with Crippen LogP contribution >= 0.6 is 0 Å². The average molecular weight is 208 g/mol. The van der Waals surface area contributed by atoms with Crippen molar-refractivity contribution >= 4 is 11.9 Å². The summed E-state index contributed by atoms with van der Waals surface area (Å²) >= 11 is 0. The molecule has 6 heteroatoms.